The number of nitrogens with zero attached hydrogens (tertiary/aromatic N) is 4. The van der Waals surface area contributed by atoms with Crippen LogP contribution in [0.15, 0.2) is 23.7 Å². The summed E-state index contributed by atoms with van der Waals surface area (Å²) >= 11 is 0. The maximum atomic E-state index is 11.4. The molecule has 1 amide bonds. The molecule has 15 heavy (non-hydrogen) atoms. The summed E-state index contributed by atoms with van der Waals surface area (Å²) in [6, 6.07) is 0. The first-order chi connectivity index (χ1) is 7.18. The maximum absolute atomic E-state index is 11.4. The van der Waals surface area contributed by atoms with Crippen LogP contribution >= 0.6 is 0 Å². The van der Waals surface area contributed by atoms with Crippen LogP contribution < -0.4 is 5.01 Å². The summed E-state index contributed by atoms with van der Waals surface area (Å²) in [6.07, 6.45) is 3.97. The third-order valence-electron chi connectivity index (χ3n) is 1.79. The molecule has 0 aliphatic carbocycles. The Labute approximate surface area is 84.1 Å². The van der Waals surface area contributed by atoms with E-state index in [0.717, 1.165) is 5.01 Å². The Kier molecular flexibility index (Phi) is 2.13. The maximum Gasteiger partial charge on any atom is 0.352 e. The molecule has 0 radical (unpaired) electrons. The Morgan fingerprint density at radius 2 is 2.27 bits per heavy atom. The van der Waals surface area contributed by atoms with E-state index in [1.165, 1.54) is 18.6 Å². The molecule has 2 heterocycles. The molecule has 1 aromatic rings. The average Bonchev–Trinajstić information content (AvgIpc) is 2.62. The second-order valence-corrected chi connectivity index (χ2v) is 2.80. The lowest BCUT2D eigenvalue weighted by molar-refractivity contribution is -0.129. The van der Waals surface area contributed by atoms with Gasteiger partial charge in [0.05, 0.1) is 12.6 Å². The average molecular weight is 206 g/mol. The van der Waals surface area contributed by atoms with Crippen molar-refractivity contribution >= 4 is 23.4 Å². The van der Waals surface area contributed by atoms with Crippen molar-refractivity contribution in [3.05, 3.63) is 18.6 Å². The van der Waals surface area contributed by atoms with Gasteiger partial charge in [-0.05, 0) is 0 Å². The van der Waals surface area contributed by atoms with Gasteiger partial charge in [-0.1, -0.05) is 0 Å². The standard InChI is InChI=1S/C8H6N4O3/c13-7-3-5(8(14)15)11-12(7)6-4-9-1-2-10-6/h1-2,4H,3H2,(H,14,15). The number of carboxylic acids is 1. The Morgan fingerprint density at radius 3 is 2.80 bits per heavy atom. The minimum absolute atomic E-state index is 0.189. The number of anilines is 1. The molecular formula is C8H6N4O3. The van der Waals surface area contributed by atoms with Crippen LogP contribution in [0.2, 0.25) is 0 Å². The summed E-state index contributed by atoms with van der Waals surface area (Å²) < 4.78 is 0. The third-order valence-corrected chi connectivity index (χ3v) is 1.79. The number of hydrogen-bond donors (Lipinski definition) is 1. The molecule has 0 aromatic carbocycles. The van der Waals surface area contributed by atoms with Crippen molar-refractivity contribution in [2.75, 3.05) is 5.01 Å². The highest BCUT2D eigenvalue weighted by atomic mass is 16.4. The highest BCUT2D eigenvalue weighted by Gasteiger charge is 2.29. The number of aliphatic carboxylic acids is 1. The number of carbonyl (C=O) groups is 2. The first-order valence-corrected chi connectivity index (χ1v) is 4.08. The lowest BCUT2D eigenvalue weighted by Crippen LogP contribution is -2.20. The molecule has 0 unspecified atom stereocenters. The molecule has 1 aliphatic heterocycles. The number of amides is 1. The molecule has 0 atom stereocenters. The van der Waals surface area contributed by atoms with E-state index in [1.807, 2.05) is 0 Å². The Hall–Kier alpha value is -2.31. The summed E-state index contributed by atoms with van der Waals surface area (Å²) in [6.45, 7) is 0. The lowest BCUT2D eigenvalue weighted by atomic mass is 10.3. The number of carboxylic acid groups (broad SMARTS) is 1. The predicted octanol–water partition coefficient (Wildman–Crippen LogP) is -0.346. The van der Waals surface area contributed by atoms with E-state index in [1.54, 1.807) is 0 Å². The van der Waals surface area contributed by atoms with Gasteiger partial charge in [-0.15, -0.1) is 0 Å². The number of aromatic nitrogens is 2. The molecule has 1 aromatic heterocycles. The van der Waals surface area contributed by atoms with Crippen LogP contribution in [-0.2, 0) is 9.59 Å². The Balaban J connectivity index is 2.32. The monoisotopic (exact) mass is 206 g/mol. The second kappa shape index (κ2) is 3.45. The van der Waals surface area contributed by atoms with E-state index in [9.17, 15) is 9.59 Å². The predicted molar refractivity (Wildman–Crippen MR) is 49.2 cm³/mol. The SMILES string of the molecule is O=C(O)C1=NN(c2cnccn2)C(=O)C1. The molecule has 1 N–H and O–H groups in total. The van der Waals surface area contributed by atoms with Crippen LogP contribution in [0.5, 0.6) is 0 Å². The van der Waals surface area contributed by atoms with Gasteiger partial charge < -0.3 is 5.11 Å². The molecule has 0 saturated carbocycles. The van der Waals surface area contributed by atoms with E-state index in [-0.39, 0.29) is 18.0 Å². The first-order valence-electron chi connectivity index (χ1n) is 4.08. The molecule has 1 aliphatic rings. The van der Waals surface area contributed by atoms with Gasteiger partial charge in [0.1, 0.15) is 0 Å². The van der Waals surface area contributed by atoms with Crippen LogP contribution in [0.3, 0.4) is 0 Å². The minimum Gasteiger partial charge on any atom is -0.477 e. The zero-order valence-corrected chi connectivity index (χ0v) is 7.49. The van der Waals surface area contributed by atoms with E-state index >= 15 is 0 Å². The van der Waals surface area contributed by atoms with Gasteiger partial charge in [0.25, 0.3) is 5.91 Å². The number of hydrazone groups is 1. The summed E-state index contributed by atoms with van der Waals surface area (Å²) in [5.41, 5.74) is -0.189. The Morgan fingerprint density at radius 1 is 1.47 bits per heavy atom. The molecule has 0 saturated heterocycles. The summed E-state index contributed by atoms with van der Waals surface area (Å²) in [7, 11) is 0. The molecule has 2 rings (SSSR count). The van der Waals surface area contributed by atoms with Gasteiger partial charge in [0.15, 0.2) is 11.5 Å². The van der Waals surface area contributed by atoms with Crippen molar-refractivity contribution < 1.29 is 14.7 Å². The van der Waals surface area contributed by atoms with Crippen molar-refractivity contribution in [2.24, 2.45) is 5.10 Å². The number of carbonyl (C=O) groups excluding carboxylic acids is 1. The van der Waals surface area contributed by atoms with E-state index in [0.29, 0.717) is 0 Å². The molecule has 7 heteroatoms. The molecule has 7 nitrogen and oxygen atoms in total. The number of hydrogen-bond acceptors (Lipinski definition) is 5. The van der Waals surface area contributed by atoms with Gasteiger partial charge >= 0.3 is 5.97 Å². The molecule has 76 valence electrons. The quantitative estimate of drug-likeness (QED) is 0.713. The Bertz CT molecular complexity index is 442. The topological polar surface area (TPSA) is 95.8 Å². The van der Waals surface area contributed by atoms with Crippen LogP contribution in [0.1, 0.15) is 6.42 Å². The van der Waals surface area contributed by atoms with Gasteiger partial charge in [0, 0.05) is 12.4 Å². The van der Waals surface area contributed by atoms with Crippen molar-refractivity contribution in [1.82, 2.24) is 9.97 Å². The van der Waals surface area contributed by atoms with Crippen molar-refractivity contribution in [2.45, 2.75) is 6.42 Å². The number of rotatable bonds is 2. The van der Waals surface area contributed by atoms with Crippen LogP contribution in [0, 0.1) is 0 Å². The van der Waals surface area contributed by atoms with Crippen LogP contribution in [0.4, 0.5) is 5.82 Å². The fourth-order valence-corrected chi connectivity index (χ4v) is 1.13. The molecule has 0 fully saturated rings. The van der Waals surface area contributed by atoms with Gasteiger partial charge in [-0.2, -0.15) is 10.1 Å². The van der Waals surface area contributed by atoms with E-state index < -0.39 is 11.9 Å². The third kappa shape index (κ3) is 1.66. The van der Waals surface area contributed by atoms with Gasteiger partial charge in [-0.25, -0.2) is 9.78 Å². The normalized spacial score (nSPS) is 15.3. The van der Waals surface area contributed by atoms with Crippen molar-refractivity contribution in [3.8, 4) is 0 Å². The highest BCUT2D eigenvalue weighted by molar-refractivity contribution is 6.42. The fraction of sp³-hybridized carbons (Fsp3) is 0.125. The van der Waals surface area contributed by atoms with E-state index in [4.69, 9.17) is 5.11 Å². The minimum atomic E-state index is -1.20. The van der Waals surface area contributed by atoms with E-state index in [2.05, 4.69) is 15.1 Å². The molecule has 0 bridgehead atoms. The second-order valence-electron chi connectivity index (χ2n) is 2.80. The highest BCUT2D eigenvalue weighted by Crippen LogP contribution is 2.16. The summed E-state index contributed by atoms with van der Waals surface area (Å²) in [4.78, 5) is 29.6. The zero-order chi connectivity index (χ0) is 10.8. The van der Waals surface area contributed by atoms with Crippen molar-refractivity contribution in [1.29, 1.82) is 0 Å². The fourth-order valence-electron chi connectivity index (χ4n) is 1.13. The van der Waals surface area contributed by atoms with Crippen LogP contribution in [0.25, 0.3) is 0 Å². The van der Waals surface area contributed by atoms with Gasteiger partial charge in [-0.3, -0.25) is 9.78 Å². The summed E-state index contributed by atoms with van der Waals surface area (Å²) in [5, 5.41) is 13.2. The molecule has 0 spiro atoms. The largest absolute Gasteiger partial charge is 0.477 e. The smallest absolute Gasteiger partial charge is 0.352 e. The van der Waals surface area contributed by atoms with Crippen LogP contribution in [-0.4, -0.2) is 32.7 Å². The zero-order valence-electron chi connectivity index (χ0n) is 7.49. The lowest BCUT2D eigenvalue weighted by Gasteiger charge is -2.08. The first kappa shape index (κ1) is 9.25. The summed E-state index contributed by atoms with van der Waals surface area (Å²) in [5.74, 6) is -1.40. The van der Waals surface area contributed by atoms with Crippen molar-refractivity contribution in [3.63, 3.8) is 0 Å². The molecular weight excluding hydrogens is 200 g/mol. The van der Waals surface area contributed by atoms with Gasteiger partial charge in [0.2, 0.25) is 0 Å².